The molecule has 0 radical (unpaired) electrons. The molecule has 2 N–H and O–H groups in total. The molecule has 19 heavy (non-hydrogen) atoms. The highest BCUT2D eigenvalue weighted by Crippen LogP contribution is 2.28. The van der Waals surface area contributed by atoms with Gasteiger partial charge >= 0.3 is 6.18 Å². The van der Waals surface area contributed by atoms with Crippen LogP contribution in [0.4, 0.5) is 13.2 Å². The van der Waals surface area contributed by atoms with E-state index in [9.17, 15) is 13.2 Å². The molecular formula is C13H19F3N2O. The SMILES string of the molecule is COc1ccccc1CN(C)C(CCN)C(F)(F)F. The fraction of sp³-hybridized carbons (Fsp3) is 0.538. The number of hydrogen-bond donors (Lipinski definition) is 1. The summed E-state index contributed by atoms with van der Waals surface area (Å²) in [7, 11) is 2.94. The van der Waals surface area contributed by atoms with E-state index in [1.165, 1.54) is 19.1 Å². The Hall–Kier alpha value is -1.27. The lowest BCUT2D eigenvalue weighted by atomic mass is 10.1. The maximum Gasteiger partial charge on any atom is 0.404 e. The van der Waals surface area contributed by atoms with Crippen LogP contribution in [0.15, 0.2) is 24.3 Å². The Bertz CT molecular complexity index is 396. The zero-order valence-electron chi connectivity index (χ0n) is 11.1. The molecule has 1 aromatic carbocycles. The van der Waals surface area contributed by atoms with E-state index in [1.54, 1.807) is 24.3 Å². The van der Waals surface area contributed by atoms with Crippen molar-refractivity contribution in [2.45, 2.75) is 25.2 Å². The van der Waals surface area contributed by atoms with Gasteiger partial charge in [0.1, 0.15) is 11.8 Å². The van der Waals surface area contributed by atoms with Crippen LogP contribution in [0, 0.1) is 0 Å². The largest absolute Gasteiger partial charge is 0.496 e. The number of nitrogens with two attached hydrogens (primary N) is 1. The van der Waals surface area contributed by atoms with Crippen molar-refractivity contribution in [3.05, 3.63) is 29.8 Å². The second-order valence-electron chi connectivity index (χ2n) is 4.36. The fourth-order valence-corrected chi connectivity index (χ4v) is 2.00. The molecule has 108 valence electrons. The first-order valence-corrected chi connectivity index (χ1v) is 5.99. The molecule has 0 aliphatic carbocycles. The molecule has 0 bridgehead atoms. The predicted molar refractivity (Wildman–Crippen MR) is 68.0 cm³/mol. The first-order chi connectivity index (χ1) is 8.90. The first-order valence-electron chi connectivity index (χ1n) is 5.99. The number of rotatable bonds is 6. The molecule has 1 atom stereocenters. The average molecular weight is 276 g/mol. The summed E-state index contributed by atoms with van der Waals surface area (Å²) >= 11 is 0. The van der Waals surface area contributed by atoms with Crippen LogP contribution in [0.2, 0.25) is 0 Å². The Morgan fingerprint density at radius 3 is 2.47 bits per heavy atom. The molecule has 0 heterocycles. The standard InChI is InChI=1S/C13H19F3N2O/c1-18(12(7-8-17)13(14,15)16)9-10-5-3-4-6-11(10)19-2/h3-6,12H,7-9,17H2,1-2H3. The van der Waals surface area contributed by atoms with E-state index in [-0.39, 0.29) is 19.5 Å². The van der Waals surface area contributed by atoms with Gasteiger partial charge in [0.2, 0.25) is 0 Å². The molecule has 1 unspecified atom stereocenters. The zero-order chi connectivity index (χ0) is 14.5. The molecule has 3 nitrogen and oxygen atoms in total. The molecule has 0 fully saturated rings. The van der Waals surface area contributed by atoms with Crippen LogP contribution in [0.3, 0.4) is 0 Å². The fourth-order valence-electron chi connectivity index (χ4n) is 2.00. The van der Waals surface area contributed by atoms with Crippen LogP contribution in [0.5, 0.6) is 5.75 Å². The molecule has 0 saturated heterocycles. The zero-order valence-corrected chi connectivity index (χ0v) is 11.1. The molecule has 0 aliphatic rings. The second-order valence-corrected chi connectivity index (χ2v) is 4.36. The lowest BCUT2D eigenvalue weighted by molar-refractivity contribution is -0.182. The summed E-state index contributed by atoms with van der Waals surface area (Å²) in [4.78, 5) is 1.25. The summed E-state index contributed by atoms with van der Waals surface area (Å²) in [6.07, 6.45) is -4.40. The van der Waals surface area contributed by atoms with E-state index in [4.69, 9.17) is 10.5 Å². The van der Waals surface area contributed by atoms with E-state index < -0.39 is 12.2 Å². The van der Waals surface area contributed by atoms with E-state index in [2.05, 4.69) is 0 Å². The van der Waals surface area contributed by atoms with Crippen molar-refractivity contribution in [3.8, 4) is 5.75 Å². The Morgan fingerprint density at radius 2 is 1.95 bits per heavy atom. The smallest absolute Gasteiger partial charge is 0.404 e. The number of para-hydroxylation sites is 1. The average Bonchev–Trinajstić information content (AvgIpc) is 2.35. The van der Waals surface area contributed by atoms with E-state index in [1.807, 2.05) is 0 Å². The van der Waals surface area contributed by atoms with Gasteiger partial charge < -0.3 is 10.5 Å². The van der Waals surface area contributed by atoms with Crippen LogP contribution in [0.1, 0.15) is 12.0 Å². The van der Waals surface area contributed by atoms with Crippen molar-refractivity contribution < 1.29 is 17.9 Å². The molecule has 0 amide bonds. The molecule has 0 saturated carbocycles. The van der Waals surface area contributed by atoms with Crippen LogP contribution in [-0.4, -0.2) is 37.8 Å². The topological polar surface area (TPSA) is 38.5 Å². The van der Waals surface area contributed by atoms with Gasteiger partial charge in [-0.2, -0.15) is 13.2 Å². The summed E-state index contributed by atoms with van der Waals surface area (Å²) in [5.74, 6) is 0.586. The highest BCUT2D eigenvalue weighted by Gasteiger charge is 2.41. The predicted octanol–water partition coefficient (Wildman–Crippen LogP) is 2.41. The second kappa shape index (κ2) is 6.77. The van der Waals surface area contributed by atoms with Crippen LogP contribution < -0.4 is 10.5 Å². The highest BCUT2D eigenvalue weighted by atomic mass is 19.4. The van der Waals surface area contributed by atoms with E-state index in [0.29, 0.717) is 5.75 Å². The molecule has 1 aromatic rings. The van der Waals surface area contributed by atoms with E-state index >= 15 is 0 Å². The van der Waals surface area contributed by atoms with Crippen LogP contribution in [0.25, 0.3) is 0 Å². The van der Waals surface area contributed by atoms with Gasteiger partial charge in [0.05, 0.1) is 7.11 Å². The summed E-state index contributed by atoms with van der Waals surface area (Å²) in [6.45, 7) is 0.161. The maximum absolute atomic E-state index is 12.9. The summed E-state index contributed by atoms with van der Waals surface area (Å²) in [6, 6.07) is 5.50. The summed E-state index contributed by atoms with van der Waals surface area (Å²) < 4.78 is 43.9. The number of ether oxygens (including phenoxy) is 1. The third-order valence-electron chi connectivity index (χ3n) is 2.96. The number of benzene rings is 1. The van der Waals surface area contributed by atoms with Gasteiger partial charge in [0.15, 0.2) is 0 Å². The van der Waals surface area contributed by atoms with E-state index in [0.717, 1.165) is 5.56 Å². The van der Waals surface area contributed by atoms with Crippen LogP contribution >= 0.6 is 0 Å². The minimum Gasteiger partial charge on any atom is -0.496 e. The van der Waals surface area contributed by atoms with Crippen molar-refractivity contribution in [2.75, 3.05) is 20.7 Å². The quantitative estimate of drug-likeness (QED) is 0.867. The molecule has 6 heteroatoms. The third-order valence-corrected chi connectivity index (χ3v) is 2.96. The van der Waals surface area contributed by atoms with Gasteiger partial charge in [-0.25, -0.2) is 0 Å². The van der Waals surface area contributed by atoms with Gasteiger partial charge in [0, 0.05) is 12.1 Å². The number of hydrogen-bond acceptors (Lipinski definition) is 3. The lowest BCUT2D eigenvalue weighted by Crippen LogP contribution is -2.44. The van der Waals surface area contributed by atoms with Gasteiger partial charge in [-0.05, 0) is 26.1 Å². The number of methoxy groups -OCH3 is 1. The Balaban J connectivity index is 2.84. The number of nitrogens with zero attached hydrogens (tertiary/aromatic N) is 1. The van der Waals surface area contributed by atoms with Crippen LogP contribution in [-0.2, 0) is 6.54 Å². The van der Waals surface area contributed by atoms with Gasteiger partial charge in [-0.1, -0.05) is 18.2 Å². The summed E-state index contributed by atoms with van der Waals surface area (Å²) in [5, 5.41) is 0. The third kappa shape index (κ3) is 4.40. The molecule has 0 aliphatic heterocycles. The molecule has 1 rings (SSSR count). The molecular weight excluding hydrogens is 257 g/mol. The molecule has 0 aromatic heterocycles. The number of alkyl halides is 3. The first kappa shape index (κ1) is 15.8. The lowest BCUT2D eigenvalue weighted by Gasteiger charge is -2.30. The maximum atomic E-state index is 12.9. The monoisotopic (exact) mass is 276 g/mol. The van der Waals surface area contributed by atoms with Gasteiger partial charge in [-0.15, -0.1) is 0 Å². The minimum absolute atomic E-state index is 0.000438. The Morgan fingerprint density at radius 1 is 1.32 bits per heavy atom. The van der Waals surface area contributed by atoms with Gasteiger partial charge in [-0.3, -0.25) is 4.90 Å². The minimum atomic E-state index is -4.28. The van der Waals surface area contributed by atoms with Crippen molar-refractivity contribution in [1.29, 1.82) is 0 Å². The van der Waals surface area contributed by atoms with Crippen molar-refractivity contribution >= 4 is 0 Å². The highest BCUT2D eigenvalue weighted by molar-refractivity contribution is 5.33. The summed E-state index contributed by atoms with van der Waals surface area (Å²) in [5.41, 5.74) is 5.98. The number of halogens is 3. The normalized spacial score (nSPS) is 13.6. The molecule has 0 spiro atoms. The van der Waals surface area contributed by atoms with Crippen molar-refractivity contribution in [3.63, 3.8) is 0 Å². The Labute approximate surface area is 111 Å². The van der Waals surface area contributed by atoms with Crippen molar-refractivity contribution in [1.82, 2.24) is 4.90 Å². The van der Waals surface area contributed by atoms with Crippen molar-refractivity contribution in [2.24, 2.45) is 5.73 Å². The Kier molecular flexibility index (Phi) is 5.62. The van der Waals surface area contributed by atoms with Gasteiger partial charge in [0.25, 0.3) is 0 Å².